The zero-order valence-corrected chi connectivity index (χ0v) is 20.5. The fraction of sp³-hybridized carbons (Fsp3) is 0.400. The van der Waals surface area contributed by atoms with Gasteiger partial charge in [-0.25, -0.2) is 8.42 Å². The van der Waals surface area contributed by atoms with Crippen molar-refractivity contribution in [1.82, 2.24) is 19.8 Å². The quantitative estimate of drug-likeness (QED) is 0.550. The highest BCUT2D eigenvalue weighted by Crippen LogP contribution is 2.29. The molecule has 0 radical (unpaired) electrons. The van der Waals surface area contributed by atoms with Crippen LogP contribution in [0, 0.1) is 12.8 Å². The van der Waals surface area contributed by atoms with Gasteiger partial charge in [0.25, 0.3) is 0 Å². The molecule has 2 heterocycles. The molecular formula is C25H30N4O4S. The van der Waals surface area contributed by atoms with Crippen LogP contribution in [0.3, 0.4) is 0 Å². The van der Waals surface area contributed by atoms with Gasteiger partial charge in [0.1, 0.15) is 6.04 Å². The molecule has 180 valence electrons. The Morgan fingerprint density at radius 1 is 1.06 bits per heavy atom. The maximum Gasteiger partial charge on any atom is 0.241 e. The van der Waals surface area contributed by atoms with Crippen molar-refractivity contribution in [2.24, 2.45) is 5.92 Å². The van der Waals surface area contributed by atoms with E-state index in [2.05, 4.69) is 14.9 Å². The summed E-state index contributed by atoms with van der Waals surface area (Å²) in [5, 5.41) is 4.10. The van der Waals surface area contributed by atoms with Crippen LogP contribution < -0.4 is 4.72 Å². The molecule has 9 heteroatoms. The standard InChI is InChI=1S/C25H30N4O4S/c1-17(2)22(28-34(31,32)21-11-9-18(3)10-12-21)25(30)29-15-13-20(14-16-29)24-26-23(27-33-24)19-7-5-4-6-8-19/h4-12,17,20,22,28H,13-16H2,1-3H3/t22-/m1/s1. The maximum atomic E-state index is 13.3. The molecule has 1 aliphatic rings. The monoisotopic (exact) mass is 482 g/mol. The predicted molar refractivity (Wildman–Crippen MR) is 128 cm³/mol. The summed E-state index contributed by atoms with van der Waals surface area (Å²) in [6.45, 7) is 6.59. The normalized spacial score (nSPS) is 16.1. The van der Waals surface area contributed by atoms with Crippen molar-refractivity contribution in [3.8, 4) is 11.4 Å². The highest BCUT2D eigenvalue weighted by atomic mass is 32.2. The Balaban J connectivity index is 1.40. The van der Waals surface area contributed by atoms with E-state index in [1.54, 1.807) is 29.2 Å². The Bertz CT molecular complexity index is 1220. The topological polar surface area (TPSA) is 105 Å². The van der Waals surface area contributed by atoms with E-state index in [-0.39, 0.29) is 22.6 Å². The van der Waals surface area contributed by atoms with E-state index < -0.39 is 16.1 Å². The number of carbonyl (C=O) groups is 1. The van der Waals surface area contributed by atoms with E-state index in [1.165, 1.54) is 0 Å². The van der Waals surface area contributed by atoms with Crippen molar-refractivity contribution in [1.29, 1.82) is 0 Å². The van der Waals surface area contributed by atoms with E-state index >= 15 is 0 Å². The van der Waals surface area contributed by atoms with Crippen LogP contribution >= 0.6 is 0 Å². The molecule has 1 N–H and O–H groups in total. The van der Waals surface area contributed by atoms with E-state index in [4.69, 9.17) is 4.52 Å². The molecule has 0 aliphatic carbocycles. The molecule has 1 atom stereocenters. The molecule has 8 nitrogen and oxygen atoms in total. The summed E-state index contributed by atoms with van der Waals surface area (Å²) in [5.41, 5.74) is 1.86. The zero-order valence-electron chi connectivity index (χ0n) is 19.6. The van der Waals surface area contributed by atoms with E-state index in [0.717, 1.165) is 11.1 Å². The van der Waals surface area contributed by atoms with Gasteiger partial charge >= 0.3 is 0 Å². The lowest BCUT2D eigenvalue weighted by molar-refractivity contribution is -0.135. The lowest BCUT2D eigenvalue weighted by Crippen LogP contribution is -2.52. The van der Waals surface area contributed by atoms with Gasteiger partial charge in [0.15, 0.2) is 0 Å². The van der Waals surface area contributed by atoms with Crippen LogP contribution in [0.25, 0.3) is 11.4 Å². The SMILES string of the molecule is Cc1ccc(S(=O)(=O)N[C@@H](C(=O)N2CCC(c3nc(-c4ccccc4)no3)CC2)C(C)C)cc1. The van der Waals surface area contributed by atoms with Crippen molar-refractivity contribution in [2.75, 3.05) is 13.1 Å². The third-order valence-corrected chi connectivity index (χ3v) is 7.63. The number of hydrogen-bond donors (Lipinski definition) is 1. The van der Waals surface area contributed by atoms with Gasteiger partial charge in [0.05, 0.1) is 4.90 Å². The molecule has 1 fully saturated rings. The van der Waals surface area contributed by atoms with Crippen molar-refractivity contribution in [3.05, 3.63) is 66.1 Å². The maximum absolute atomic E-state index is 13.3. The number of rotatable bonds is 7. The summed E-state index contributed by atoms with van der Waals surface area (Å²) in [7, 11) is -3.81. The largest absolute Gasteiger partial charge is 0.341 e. The Morgan fingerprint density at radius 2 is 1.71 bits per heavy atom. The molecule has 1 saturated heterocycles. The third kappa shape index (κ3) is 5.37. The summed E-state index contributed by atoms with van der Waals surface area (Å²) in [4.78, 5) is 19.7. The van der Waals surface area contributed by atoms with Gasteiger partial charge in [-0.2, -0.15) is 9.71 Å². The first-order valence-electron chi connectivity index (χ1n) is 11.5. The van der Waals surface area contributed by atoms with Gasteiger partial charge in [-0.1, -0.05) is 67.0 Å². The smallest absolute Gasteiger partial charge is 0.241 e. The Hall–Kier alpha value is -3.04. The first-order valence-corrected chi connectivity index (χ1v) is 13.0. The minimum absolute atomic E-state index is 0.0655. The molecule has 1 amide bonds. The molecule has 0 saturated carbocycles. The molecule has 2 aromatic carbocycles. The van der Waals surface area contributed by atoms with Crippen LogP contribution in [0.2, 0.25) is 0 Å². The number of likely N-dealkylation sites (tertiary alicyclic amines) is 1. The van der Waals surface area contributed by atoms with Crippen LogP contribution in [0.15, 0.2) is 64.0 Å². The average Bonchev–Trinajstić information content (AvgIpc) is 3.33. The molecule has 0 unspecified atom stereocenters. The van der Waals surface area contributed by atoms with Crippen molar-refractivity contribution in [2.45, 2.75) is 50.5 Å². The summed E-state index contributed by atoms with van der Waals surface area (Å²) in [6, 6.07) is 15.4. The first kappa shape index (κ1) is 24.1. The van der Waals surface area contributed by atoms with Gasteiger partial charge in [0, 0.05) is 24.6 Å². The van der Waals surface area contributed by atoms with E-state index in [0.29, 0.717) is 37.6 Å². The molecule has 0 bridgehead atoms. The molecule has 1 aliphatic heterocycles. The summed E-state index contributed by atoms with van der Waals surface area (Å²) in [5.74, 6) is 0.788. The number of nitrogens with zero attached hydrogens (tertiary/aromatic N) is 3. The van der Waals surface area contributed by atoms with Gasteiger partial charge in [0.2, 0.25) is 27.6 Å². The Labute approximate surface area is 200 Å². The lowest BCUT2D eigenvalue weighted by Gasteiger charge is -2.34. The van der Waals surface area contributed by atoms with Crippen LogP contribution in [0.5, 0.6) is 0 Å². The van der Waals surface area contributed by atoms with Crippen molar-refractivity contribution < 1.29 is 17.7 Å². The Kier molecular flexibility index (Phi) is 7.13. The van der Waals surface area contributed by atoms with Crippen molar-refractivity contribution >= 4 is 15.9 Å². The number of amides is 1. The lowest BCUT2D eigenvalue weighted by atomic mass is 9.95. The highest BCUT2D eigenvalue weighted by molar-refractivity contribution is 7.89. The van der Waals surface area contributed by atoms with Gasteiger partial charge in [-0.3, -0.25) is 4.79 Å². The first-order chi connectivity index (χ1) is 16.2. The minimum Gasteiger partial charge on any atom is -0.341 e. The molecule has 1 aromatic heterocycles. The van der Waals surface area contributed by atoms with Crippen LogP contribution in [-0.4, -0.2) is 48.5 Å². The molecule has 3 aromatic rings. The number of nitrogens with one attached hydrogen (secondary N) is 1. The number of piperidine rings is 1. The fourth-order valence-electron chi connectivity index (χ4n) is 4.07. The molecular weight excluding hydrogens is 452 g/mol. The number of benzene rings is 2. The average molecular weight is 483 g/mol. The summed E-state index contributed by atoms with van der Waals surface area (Å²) < 4.78 is 33.9. The fourth-order valence-corrected chi connectivity index (χ4v) is 5.41. The van der Waals surface area contributed by atoms with E-state index in [9.17, 15) is 13.2 Å². The summed E-state index contributed by atoms with van der Waals surface area (Å²) >= 11 is 0. The van der Waals surface area contributed by atoms with E-state index in [1.807, 2.05) is 51.1 Å². The van der Waals surface area contributed by atoms with Crippen LogP contribution in [-0.2, 0) is 14.8 Å². The van der Waals surface area contributed by atoms with Crippen molar-refractivity contribution in [3.63, 3.8) is 0 Å². The number of carbonyl (C=O) groups excluding carboxylic acids is 1. The third-order valence-electron chi connectivity index (χ3n) is 6.18. The number of aryl methyl sites for hydroxylation is 1. The highest BCUT2D eigenvalue weighted by Gasteiger charge is 2.34. The number of sulfonamides is 1. The van der Waals surface area contributed by atoms with Gasteiger partial charge < -0.3 is 9.42 Å². The predicted octanol–water partition coefficient (Wildman–Crippen LogP) is 3.75. The summed E-state index contributed by atoms with van der Waals surface area (Å²) in [6.07, 6.45) is 1.36. The molecule has 0 spiro atoms. The second-order valence-corrected chi connectivity index (χ2v) is 10.8. The number of aromatic nitrogens is 2. The zero-order chi connectivity index (χ0) is 24.3. The minimum atomic E-state index is -3.81. The molecule has 34 heavy (non-hydrogen) atoms. The van der Waals surface area contributed by atoms with Gasteiger partial charge in [-0.15, -0.1) is 0 Å². The van der Waals surface area contributed by atoms with Gasteiger partial charge in [-0.05, 0) is 37.8 Å². The second kappa shape index (κ2) is 10.1. The number of hydrogen-bond acceptors (Lipinski definition) is 6. The molecule has 4 rings (SSSR count). The van der Waals surface area contributed by atoms with Crippen LogP contribution in [0.1, 0.15) is 44.1 Å². The van der Waals surface area contributed by atoms with Crippen LogP contribution in [0.4, 0.5) is 0 Å². The Morgan fingerprint density at radius 3 is 2.32 bits per heavy atom. The second-order valence-electron chi connectivity index (χ2n) is 9.08.